The number of hydrogen-bond acceptors (Lipinski definition) is 5. The van der Waals surface area contributed by atoms with Gasteiger partial charge in [0, 0.05) is 22.6 Å². The van der Waals surface area contributed by atoms with Crippen molar-refractivity contribution < 1.29 is 24.3 Å². The van der Waals surface area contributed by atoms with E-state index < -0.39 is 29.2 Å². The van der Waals surface area contributed by atoms with E-state index in [0.29, 0.717) is 4.90 Å². The molecule has 1 aliphatic heterocycles. The third kappa shape index (κ3) is 2.38. The lowest BCUT2D eigenvalue weighted by Crippen LogP contribution is -2.35. The number of Topliss-reactive ketones (excluding diaryl/α,β-unsaturated/α-hetero) is 3. The molecule has 1 aromatic carbocycles. The monoisotopic (exact) mass is 292 g/mol. The van der Waals surface area contributed by atoms with Crippen molar-refractivity contribution in [2.24, 2.45) is 5.92 Å². The van der Waals surface area contributed by atoms with Crippen molar-refractivity contribution in [2.45, 2.75) is 18.2 Å². The minimum atomic E-state index is -1.22. The molecule has 0 aromatic heterocycles. The smallest absolute Gasteiger partial charge is 0.336 e. The maximum atomic E-state index is 12.4. The predicted octanol–water partition coefficient (Wildman–Crippen LogP) is 1.84. The second-order valence-corrected chi connectivity index (χ2v) is 5.41. The SMILES string of the molecule is CCC(=O)C(=O)C1CSc2cccc(C(=O)O)c2C1=O. The predicted molar refractivity (Wildman–Crippen MR) is 72.3 cm³/mol. The Balaban J connectivity index is 2.45. The van der Waals surface area contributed by atoms with E-state index >= 15 is 0 Å². The Bertz CT molecular complexity index is 620. The molecule has 1 aliphatic rings. The van der Waals surface area contributed by atoms with Crippen LogP contribution in [0.4, 0.5) is 0 Å². The van der Waals surface area contributed by atoms with Crippen molar-refractivity contribution in [3.63, 3.8) is 0 Å². The Morgan fingerprint density at radius 1 is 1.35 bits per heavy atom. The summed E-state index contributed by atoms with van der Waals surface area (Å²) < 4.78 is 0. The van der Waals surface area contributed by atoms with Crippen molar-refractivity contribution in [1.29, 1.82) is 0 Å². The van der Waals surface area contributed by atoms with Crippen LogP contribution >= 0.6 is 11.8 Å². The van der Waals surface area contributed by atoms with E-state index in [0.717, 1.165) is 0 Å². The molecule has 2 rings (SSSR count). The average Bonchev–Trinajstić information content (AvgIpc) is 2.45. The van der Waals surface area contributed by atoms with Gasteiger partial charge in [0.05, 0.1) is 11.5 Å². The Labute approximate surface area is 119 Å². The molecule has 0 saturated carbocycles. The van der Waals surface area contributed by atoms with Crippen LogP contribution in [-0.4, -0.2) is 34.2 Å². The van der Waals surface area contributed by atoms with Crippen molar-refractivity contribution in [2.75, 3.05) is 5.75 Å². The summed E-state index contributed by atoms with van der Waals surface area (Å²) in [5, 5.41) is 9.13. The molecule has 0 aliphatic carbocycles. The number of carboxylic acids is 1. The van der Waals surface area contributed by atoms with Crippen molar-refractivity contribution >= 4 is 35.1 Å². The first-order chi connectivity index (χ1) is 9.47. The fourth-order valence-corrected chi connectivity index (χ4v) is 3.25. The molecule has 20 heavy (non-hydrogen) atoms. The second-order valence-electron chi connectivity index (χ2n) is 4.35. The number of carbonyl (C=O) groups excluding carboxylic acids is 3. The number of hydrogen-bond donors (Lipinski definition) is 1. The normalized spacial score (nSPS) is 17.4. The molecular weight excluding hydrogens is 280 g/mol. The largest absolute Gasteiger partial charge is 0.478 e. The van der Waals surface area contributed by atoms with Crippen LogP contribution in [0, 0.1) is 5.92 Å². The summed E-state index contributed by atoms with van der Waals surface area (Å²) in [5.74, 6) is -4.00. The number of fused-ring (bicyclic) bond motifs is 1. The highest BCUT2D eigenvalue weighted by Gasteiger charge is 2.37. The molecule has 1 heterocycles. The Hall–Kier alpha value is -1.95. The van der Waals surface area contributed by atoms with Gasteiger partial charge < -0.3 is 5.11 Å². The quantitative estimate of drug-likeness (QED) is 0.673. The molecule has 0 amide bonds. The Kier molecular flexibility index (Phi) is 4.04. The number of aromatic carboxylic acids is 1. The lowest BCUT2D eigenvalue weighted by molar-refractivity contribution is -0.137. The van der Waals surface area contributed by atoms with Gasteiger partial charge in [-0.3, -0.25) is 14.4 Å². The summed E-state index contributed by atoms with van der Waals surface area (Å²) in [7, 11) is 0. The molecule has 1 aromatic rings. The molecule has 1 N–H and O–H groups in total. The summed E-state index contributed by atoms with van der Waals surface area (Å²) in [4.78, 5) is 47.4. The highest BCUT2D eigenvalue weighted by molar-refractivity contribution is 7.99. The van der Waals surface area contributed by atoms with Crippen molar-refractivity contribution in [3.05, 3.63) is 29.3 Å². The molecule has 0 radical (unpaired) electrons. The molecule has 1 unspecified atom stereocenters. The van der Waals surface area contributed by atoms with Gasteiger partial charge in [-0.05, 0) is 12.1 Å². The summed E-state index contributed by atoms with van der Waals surface area (Å²) >= 11 is 1.23. The van der Waals surface area contributed by atoms with Gasteiger partial charge in [0.1, 0.15) is 0 Å². The minimum absolute atomic E-state index is 0.0403. The van der Waals surface area contributed by atoms with Crippen LogP contribution in [-0.2, 0) is 9.59 Å². The maximum absolute atomic E-state index is 12.4. The maximum Gasteiger partial charge on any atom is 0.336 e. The number of benzene rings is 1. The van der Waals surface area contributed by atoms with Crippen LogP contribution in [0.1, 0.15) is 34.1 Å². The van der Waals surface area contributed by atoms with E-state index in [2.05, 4.69) is 0 Å². The highest BCUT2D eigenvalue weighted by atomic mass is 32.2. The molecule has 0 fully saturated rings. The first-order valence-electron chi connectivity index (χ1n) is 6.07. The molecule has 0 bridgehead atoms. The van der Waals surface area contributed by atoms with Crippen molar-refractivity contribution in [1.82, 2.24) is 0 Å². The lowest BCUT2D eigenvalue weighted by Gasteiger charge is -2.22. The van der Waals surface area contributed by atoms with E-state index in [1.165, 1.54) is 17.8 Å². The third-order valence-electron chi connectivity index (χ3n) is 3.14. The lowest BCUT2D eigenvalue weighted by atomic mass is 9.89. The van der Waals surface area contributed by atoms with Crippen LogP contribution in [0.2, 0.25) is 0 Å². The first kappa shape index (κ1) is 14.5. The Morgan fingerprint density at radius 2 is 2.05 bits per heavy atom. The molecule has 104 valence electrons. The van der Waals surface area contributed by atoms with Gasteiger partial charge in [0.15, 0.2) is 11.6 Å². The van der Waals surface area contributed by atoms with E-state index in [-0.39, 0.29) is 23.3 Å². The van der Waals surface area contributed by atoms with Gasteiger partial charge in [-0.15, -0.1) is 11.8 Å². The standard InChI is InChI=1S/C14H12O5S/c1-2-9(15)12(16)8-6-20-10-5-3-4-7(14(18)19)11(10)13(8)17/h3-5,8H,2,6H2,1H3,(H,18,19). The van der Waals surface area contributed by atoms with Gasteiger partial charge >= 0.3 is 5.97 Å². The van der Waals surface area contributed by atoms with E-state index in [1.54, 1.807) is 19.1 Å². The number of ketones is 3. The molecular formula is C14H12O5S. The summed E-state index contributed by atoms with van der Waals surface area (Å²) in [6.45, 7) is 1.55. The second kappa shape index (κ2) is 5.58. The molecule has 6 heteroatoms. The molecule has 0 spiro atoms. The van der Waals surface area contributed by atoms with E-state index in [1.807, 2.05) is 0 Å². The van der Waals surface area contributed by atoms with Gasteiger partial charge in [-0.1, -0.05) is 13.0 Å². The summed E-state index contributed by atoms with van der Waals surface area (Å²) in [5.41, 5.74) is -0.0834. The molecule has 0 saturated heterocycles. The third-order valence-corrected chi connectivity index (χ3v) is 4.29. The number of carbonyl (C=O) groups is 4. The number of rotatable bonds is 4. The zero-order valence-corrected chi connectivity index (χ0v) is 11.5. The minimum Gasteiger partial charge on any atom is -0.478 e. The van der Waals surface area contributed by atoms with Gasteiger partial charge in [-0.2, -0.15) is 0 Å². The van der Waals surface area contributed by atoms with Gasteiger partial charge in [0.25, 0.3) is 0 Å². The first-order valence-corrected chi connectivity index (χ1v) is 7.06. The van der Waals surface area contributed by atoms with Crippen LogP contribution in [0.3, 0.4) is 0 Å². The van der Waals surface area contributed by atoms with Crippen LogP contribution in [0.25, 0.3) is 0 Å². The topological polar surface area (TPSA) is 88.5 Å². The highest BCUT2D eigenvalue weighted by Crippen LogP contribution is 2.35. The van der Waals surface area contributed by atoms with Crippen LogP contribution in [0.15, 0.2) is 23.1 Å². The number of carboxylic acid groups (broad SMARTS) is 1. The van der Waals surface area contributed by atoms with E-state index in [9.17, 15) is 19.2 Å². The fourth-order valence-electron chi connectivity index (χ4n) is 2.07. The molecule has 5 nitrogen and oxygen atoms in total. The Morgan fingerprint density at radius 3 is 2.65 bits per heavy atom. The van der Waals surface area contributed by atoms with Crippen LogP contribution in [0.5, 0.6) is 0 Å². The average molecular weight is 292 g/mol. The summed E-state index contributed by atoms with van der Waals surface area (Å²) in [6.07, 6.45) is 0.0424. The molecule has 1 atom stereocenters. The van der Waals surface area contributed by atoms with Gasteiger partial charge in [-0.25, -0.2) is 4.79 Å². The zero-order valence-electron chi connectivity index (χ0n) is 10.7. The summed E-state index contributed by atoms with van der Waals surface area (Å²) in [6, 6.07) is 4.53. The van der Waals surface area contributed by atoms with Gasteiger partial charge in [0.2, 0.25) is 5.78 Å². The van der Waals surface area contributed by atoms with E-state index in [4.69, 9.17) is 5.11 Å². The number of thioether (sulfide) groups is 1. The fraction of sp³-hybridized carbons (Fsp3) is 0.286. The van der Waals surface area contributed by atoms with Crippen molar-refractivity contribution in [3.8, 4) is 0 Å². The zero-order chi connectivity index (χ0) is 14.9. The van der Waals surface area contributed by atoms with Crippen LogP contribution < -0.4 is 0 Å².